The average molecular weight is 441 g/mol. The highest BCUT2D eigenvalue weighted by Crippen LogP contribution is 2.18. The Balaban J connectivity index is 1.63. The van der Waals surface area contributed by atoms with Crippen molar-refractivity contribution in [2.45, 2.75) is 58.2 Å². The first-order valence-corrected chi connectivity index (χ1v) is 11.3. The highest BCUT2D eigenvalue weighted by molar-refractivity contribution is 7.98. The van der Waals surface area contributed by atoms with Crippen LogP contribution in [0.3, 0.4) is 0 Å². The lowest BCUT2D eigenvalue weighted by molar-refractivity contribution is -0.116. The zero-order valence-electron chi connectivity index (χ0n) is 18.7. The Morgan fingerprint density at radius 3 is 2.39 bits per heavy atom. The first-order chi connectivity index (χ1) is 14.6. The molecule has 0 aliphatic carbocycles. The third kappa shape index (κ3) is 5.61. The van der Waals surface area contributed by atoms with Crippen LogP contribution in [0.15, 0.2) is 29.4 Å². The summed E-state index contributed by atoms with van der Waals surface area (Å²) in [7, 11) is 0. The van der Waals surface area contributed by atoms with Gasteiger partial charge in [0, 0.05) is 34.6 Å². The van der Waals surface area contributed by atoms with Gasteiger partial charge in [-0.25, -0.2) is 9.50 Å². The molecule has 0 fully saturated rings. The molecule has 31 heavy (non-hydrogen) atoms. The van der Waals surface area contributed by atoms with Crippen molar-refractivity contribution in [3.8, 4) is 0 Å². The molecule has 2 amide bonds. The number of anilines is 1. The molecule has 0 aliphatic rings. The molecule has 9 heteroatoms. The predicted octanol–water partition coefficient (Wildman–Crippen LogP) is 3.56. The zero-order valence-corrected chi connectivity index (χ0v) is 19.6. The summed E-state index contributed by atoms with van der Waals surface area (Å²) in [5, 5.41) is 10.9. The lowest BCUT2D eigenvalue weighted by atomic mass is 10.1. The van der Waals surface area contributed by atoms with Crippen molar-refractivity contribution in [1.29, 1.82) is 0 Å². The molecule has 1 aromatic carbocycles. The maximum atomic E-state index is 12.5. The number of benzene rings is 1. The molecule has 2 aromatic heterocycles. The first-order valence-electron chi connectivity index (χ1n) is 10.1. The Bertz CT molecular complexity index is 1120. The highest BCUT2D eigenvalue weighted by Gasteiger charge is 2.16. The van der Waals surface area contributed by atoms with Gasteiger partial charge < -0.3 is 10.6 Å². The molecule has 0 radical (unpaired) electrons. The summed E-state index contributed by atoms with van der Waals surface area (Å²) in [6, 6.07) is 6.88. The monoisotopic (exact) mass is 440 g/mol. The van der Waals surface area contributed by atoms with Crippen molar-refractivity contribution in [3.63, 3.8) is 0 Å². The number of nitrogens with zero attached hydrogens (tertiary/aromatic N) is 4. The van der Waals surface area contributed by atoms with Crippen LogP contribution in [-0.4, -0.2) is 43.2 Å². The second-order valence-electron chi connectivity index (χ2n) is 8.40. The number of thioether (sulfide) groups is 1. The average Bonchev–Trinajstić information content (AvgIpc) is 3.10. The molecule has 0 atom stereocenters. The van der Waals surface area contributed by atoms with Crippen LogP contribution in [0.5, 0.6) is 0 Å². The molecule has 2 heterocycles. The highest BCUT2D eigenvalue weighted by atomic mass is 32.2. The van der Waals surface area contributed by atoms with Crippen LogP contribution < -0.4 is 10.6 Å². The van der Waals surface area contributed by atoms with Crippen LogP contribution in [-0.2, 0) is 11.2 Å². The number of aromatic nitrogens is 4. The van der Waals surface area contributed by atoms with E-state index in [4.69, 9.17) is 0 Å². The van der Waals surface area contributed by atoms with E-state index in [9.17, 15) is 9.59 Å². The molecule has 0 bridgehead atoms. The van der Waals surface area contributed by atoms with E-state index in [1.807, 2.05) is 40.9 Å². The van der Waals surface area contributed by atoms with Gasteiger partial charge in [-0.15, -0.1) is 5.10 Å². The number of fused-ring (bicyclic) bond motifs is 1. The van der Waals surface area contributed by atoms with Gasteiger partial charge in [-0.05, 0) is 77.1 Å². The molecule has 164 valence electrons. The Hall–Kier alpha value is -2.94. The molecule has 0 saturated heterocycles. The van der Waals surface area contributed by atoms with Gasteiger partial charge in [0.05, 0.1) is 0 Å². The van der Waals surface area contributed by atoms with Crippen molar-refractivity contribution in [2.75, 3.05) is 11.6 Å². The number of rotatable bonds is 6. The van der Waals surface area contributed by atoms with Crippen LogP contribution in [0.1, 0.15) is 54.5 Å². The third-order valence-electron chi connectivity index (χ3n) is 4.73. The number of hydrogen-bond donors (Lipinski definition) is 2. The van der Waals surface area contributed by atoms with Crippen molar-refractivity contribution >= 4 is 35.0 Å². The van der Waals surface area contributed by atoms with Gasteiger partial charge in [0.1, 0.15) is 0 Å². The number of nitrogens with one attached hydrogen (secondary N) is 2. The van der Waals surface area contributed by atoms with Crippen LogP contribution >= 0.6 is 11.8 Å². The number of carbonyl (C=O) groups is 2. The standard InChI is InChI=1S/C22H28N6O2S/c1-13-17(14(2)28-20(23-13)25-21(27-28)31-6)11-12-18(29)24-16-9-7-15(8-10-16)19(30)26-22(3,4)5/h7-10H,11-12H2,1-6H3,(H,24,29)(H,26,30). The molecule has 2 N–H and O–H groups in total. The lowest BCUT2D eigenvalue weighted by Crippen LogP contribution is -2.40. The minimum atomic E-state index is -0.304. The summed E-state index contributed by atoms with van der Waals surface area (Å²) in [6.07, 6.45) is 2.78. The molecule has 0 unspecified atom stereocenters. The second-order valence-corrected chi connectivity index (χ2v) is 9.17. The van der Waals surface area contributed by atoms with E-state index >= 15 is 0 Å². The van der Waals surface area contributed by atoms with Gasteiger partial charge in [0.25, 0.3) is 11.7 Å². The van der Waals surface area contributed by atoms with Gasteiger partial charge in [0.15, 0.2) is 0 Å². The van der Waals surface area contributed by atoms with Gasteiger partial charge in [-0.2, -0.15) is 4.98 Å². The molecular weight excluding hydrogens is 412 g/mol. The van der Waals surface area contributed by atoms with E-state index in [-0.39, 0.29) is 17.4 Å². The Kier molecular flexibility index (Phi) is 6.64. The molecule has 3 rings (SSSR count). The molecular formula is C22H28N6O2S. The van der Waals surface area contributed by atoms with Crippen LogP contribution in [0, 0.1) is 13.8 Å². The predicted molar refractivity (Wildman–Crippen MR) is 123 cm³/mol. The number of amides is 2. The quantitative estimate of drug-likeness (QED) is 0.569. The van der Waals surface area contributed by atoms with Crippen molar-refractivity contribution in [2.24, 2.45) is 0 Å². The maximum absolute atomic E-state index is 12.5. The number of hydrogen-bond acceptors (Lipinski definition) is 6. The summed E-state index contributed by atoms with van der Waals surface area (Å²) >= 11 is 1.47. The largest absolute Gasteiger partial charge is 0.347 e. The Morgan fingerprint density at radius 2 is 1.77 bits per heavy atom. The second kappa shape index (κ2) is 9.05. The third-order valence-corrected chi connectivity index (χ3v) is 5.27. The van der Waals surface area contributed by atoms with E-state index in [0.29, 0.717) is 35.0 Å². The fraction of sp³-hybridized carbons (Fsp3) is 0.409. The van der Waals surface area contributed by atoms with E-state index in [1.54, 1.807) is 28.8 Å². The SMILES string of the molecule is CSc1nc2nc(C)c(CCC(=O)Nc3ccc(C(=O)NC(C)(C)C)cc3)c(C)n2n1. The molecule has 8 nitrogen and oxygen atoms in total. The van der Waals surface area contributed by atoms with Gasteiger partial charge in [0.2, 0.25) is 11.1 Å². The van der Waals surface area contributed by atoms with E-state index in [2.05, 4.69) is 25.7 Å². The number of carbonyl (C=O) groups excluding carboxylic acids is 2. The molecule has 0 saturated carbocycles. The summed E-state index contributed by atoms with van der Waals surface area (Å²) < 4.78 is 1.73. The van der Waals surface area contributed by atoms with Crippen molar-refractivity contribution < 1.29 is 9.59 Å². The molecule has 0 aliphatic heterocycles. The van der Waals surface area contributed by atoms with E-state index < -0.39 is 0 Å². The fourth-order valence-corrected chi connectivity index (χ4v) is 3.55. The summed E-state index contributed by atoms with van der Waals surface area (Å²) in [4.78, 5) is 33.6. The molecule has 3 aromatic rings. The van der Waals surface area contributed by atoms with Crippen LogP contribution in [0.4, 0.5) is 5.69 Å². The first kappa shape index (κ1) is 22.7. The Labute approximate surface area is 186 Å². The summed E-state index contributed by atoms with van der Waals surface area (Å²) in [5.41, 5.74) is 3.69. The van der Waals surface area contributed by atoms with E-state index in [0.717, 1.165) is 17.0 Å². The van der Waals surface area contributed by atoms with E-state index in [1.165, 1.54) is 11.8 Å². The van der Waals surface area contributed by atoms with Crippen molar-refractivity contribution in [3.05, 3.63) is 46.8 Å². The Morgan fingerprint density at radius 1 is 1.10 bits per heavy atom. The zero-order chi connectivity index (χ0) is 22.8. The normalized spacial score (nSPS) is 11.5. The number of aryl methyl sites for hydroxylation is 2. The van der Waals surface area contributed by atoms with Crippen molar-refractivity contribution in [1.82, 2.24) is 24.9 Å². The minimum Gasteiger partial charge on any atom is -0.347 e. The van der Waals surface area contributed by atoms with Gasteiger partial charge in [-0.3, -0.25) is 9.59 Å². The summed E-state index contributed by atoms with van der Waals surface area (Å²) in [5.74, 6) is 0.328. The molecule has 0 spiro atoms. The topological polar surface area (TPSA) is 101 Å². The van der Waals surface area contributed by atoms with Crippen LogP contribution in [0.2, 0.25) is 0 Å². The van der Waals surface area contributed by atoms with Gasteiger partial charge >= 0.3 is 0 Å². The smallest absolute Gasteiger partial charge is 0.253 e. The lowest BCUT2D eigenvalue weighted by Gasteiger charge is -2.20. The van der Waals surface area contributed by atoms with Gasteiger partial charge in [-0.1, -0.05) is 11.8 Å². The summed E-state index contributed by atoms with van der Waals surface area (Å²) in [6.45, 7) is 9.69. The maximum Gasteiger partial charge on any atom is 0.253 e. The minimum absolute atomic E-state index is 0.103. The van der Waals surface area contributed by atoms with Crippen LogP contribution in [0.25, 0.3) is 5.78 Å². The fourth-order valence-electron chi connectivity index (χ4n) is 3.22.